The van der Waals surface area contributed by atoms with Crippen LogP contribution in [0.25, 0.3) is 0 Å². The van der Waals surface area contributed by atoms with E-state index >= 15 is 0 Å². The van der Waals surface area contributed by atoms with Gasteiger partial charge in [-0.3, -0.25) is 9.59 Å². The van der Waals surface area contributed by atoms with E-state index in [-0.39, 0.29) is 30.4 Å². The number of esters is 1. The van der Waals surface area contributed by atoms with Gasteiger partial charge in [-0.05, 0) is 55.5 Å². The molecule has 8 heteroatoms. The van der Waals surface area contributed by atoms with Gasteiger partial charge in [0.2, 0.25) is 5.91 Å². The van der Waals surface area contributed by atoms with Gasteiger partial charge in [-0.25, -0.2) is 4.79 Å². The molecule has 176 valence electrons. The average Bonchev–Trinajstić information content (AvgIpc) is 2.80. The Hall–Kier alpha value is -3.55. The molecule has 0 saturated heterocycles. The zero-order valence-electron chi connectivity index (χ0n) is 19.4. The summed E-state index contributed by atoms with van der Waals surface area (Å²) < 4.78 is 5.66. The van der Waals surface area contributed by atoms with E-state index in [2.05, 4.69) is 35.4 Å². The highest BCUT2D eigenvalue weighted by molar-refractivity contribution is 5.92. The van der Waals surface area contributed by atoms with Crippen LogP contribution in [0.15, 0.2) is 42.5 Å². The number of fused-ring (bicyclic) bond motifs is 1. The molecule has 3 rings (SSSR count). The molecule has 8 nitrogen and oxygen atoms in total. The lowest BCUT2D eigenvalue weighted by Gasteiger charge is -2.31. The first-order valence-corrected chi connectivity index (χ1v) is 11.3. The summed E-state index contributed by atoms with van der Waals surface area (Å²) >= 11 is 0. The molecule has 2 aromatic carbocycles. The van der Waals surface area contributed by atoms with Crippen LogP contribution in [-0.4, -0.2) is 37.5 Å². The van der Waals surface area contributed by atoms with E-state index in [1.54, 1.807) is 24.3 Å². The van der Waals surface area contributed by atoms with E-state index in [0.717, 1.165) is 29.9 Å². The number of amides is 3. The smallest absolute Gasteiger partial charge is 0.315 e. The first-order chi connectivity index (χ1) is 15.8. The van der Waals surface area contributed by atoms with Crippen molar-refractivity contribution in [1.82, 2.24) is 10.6 Å². The SMILES string of the molecule is CCN(CC)c1ccc2c(c1)OC(=O)C(CCNC(=O)NCc1cccc(C(N)=O)c1)C2C. The van der Waals surface area contributed by atoms with Crippen LogP contribution >= 0.6 is 0 Å². The number of nitrogens with two attached hydrogens (primary N) is 1. The topological polar surface area (TPSA) is 114 Å². The normalized spacial score (nSPS) is 17.0. The number of urea groups is 1. The van der Waals surface area contributed by atoms with Crippen molar-refractivity contribution >= 4 is 23.6 Å². The summed E-state index contributed by atoms with van der Waals surface area (Å²) in [5, 5.41) is 5.53. The molecule has 2 atom stereocenters. The van der Waals surface area contributed by atoms with Gasteiger partial charge in [0.15, 0.2) is 0 Å². The molecule has 2 unspecified atom stereocenters. The van der Waals surface area contributed by atoms with Gasteiger partial charge in [0, 0.05) is 43.5 Å². The number of anilines is 1. The van der Waals surface area contributed by atoms with E-state index in [9.17, 15) is 14.4 Å². The van der Waals surface area contributed by atoms with Gasteiger partial charge in [0.1, 0.15) is 5.75 Å². The summed E-state index contributed by atoms with van der Waals surface area (Å²) in [5.41, 5.74) is 8.49. The predicted molar refractivity (Wildman–Crippen MR) is 127 cm³/mol. The van der Waals surface area contributed by atoms with E-state index in [4.69, 9.17) is 10.5 Å². The maximum atomic E-state index is 12.7. The molecule has 4 N–H and O–H groups in total. The van der Waals surface area contributed by atoms with Crippen LogP contribution in [0.4, 0.5) is 10.5 Å². The van der Waals surface area contributed by atoms with Crippen molar-refractivity contribution < 1.29 is 19.1 Å². The van der Waals surface area contributed by atoms with E-state index < -0.39 is 5.91 Å². The highest BCUT2D eigenvalue weighted by Crippen LogP contribution is 2.40. The summed E-state index contributed by atoms with van der Waals surface area (Å²) in [7, 11) is 0. The quantitative estimate of drug-likeness (QED) is 0.399. The number of benzene rings is 2. The second-order valence-corrected chi connectivity index (χ2v) is 8.17. The molecule has 0 spiro atoms. The zero-order valence-corrected chi connectivity index (χ0v) is 19.4. The van der Waals surface area contributed by atoms with Gasteiger partial charge in [0.05, 0.1) is 5.92 Å². The minimum atomic E-state index is -0.513. The van der Waals surface area contributed by atoms with Gasteiger partial charge < -0.3 is 26.0 Å². The minimum Gasteiger partial charge on any atom is -0.426 e. The molecule has 33 heavy (non-hydrogen) atoms. The van der Waals surface area contributed by atoms with Crippen LogP contribution in [0.3, 0.4) is 0 Å². The lowest BCUT2D eigenvalue weighted by Crippen LogP contribution is -2.38. The molecule has 2 aromatic rings. The number of hydrogen-bond acceptors (Lipinski definition) is 5. The third kappa shape index (κ3) is 5.83. The third-order valence-corrected chi connectivity index (χ3v) is 6.14. The van der Waals surface area contributed by atoms with Crippen LogP contribution < -0.4 is 26.0 Å². The Labute approximate surface area is 194 Å². The van der Waals surface area contributed by atoms with Gasteiger partial charge in [0.25, 0.3) is 0 Å². The van der Waals surface area contributed by atoms with Crippen molar-refractivity contribution in [2.75, 3.05) is 24.5 Å². The van der Waals surface area contributed by atoms with Crippen LogP contribution in [-0.2, 0) is 11.3 Å². The first-order valence-electron chi connectivity index (χ1n) is 11.3. The molecule has 0 aliphatic carbocycles. The molecule has 0 saturated carbocycles. The predicted octanol–water partition coefficient (Wildman–Crippen LogP) is 3.16. The van der Waals surface area contributed by atoms with Crippen molar-refractivity contribution in [2.24, 2.45) is 11.7 Å². The summed E-state index contributed by atoms with van der Waals surface area (Å²) in [6.45, 7) is 8.56. The lowest BCUT2D eigenvalue weighted by molar-refractivity contribution is -0.141. The molecule has 1 aliphatic rings. The van der Waals surface area contributed by atoms with Crippen molar-refractivity contribution in [1.29, 1.82) is 0 Å². The Balaban J connectivity index is 1.52. The Morgan fingerprint density at radius 1 is 1.09 bits per heavy atom. The summed E-state index contributed by atoms with van der Waals surface area (Å²) in [5.74, 6) is -0.493. The molecule has 3 amide bonds. The maximum Gasteiger partial charge on any atom is 0.315 e. The number of carbonyl (C=O) groups is 3. The lowest BCUT2D eigenvalue weighted by atomic mass is 9.83. The number of ether oxygens (including phenoxy) is 1. The Bertz CT molecular complexity index is 1020. The van der Waals surface area contributed by atoms with Gasteiger partial charge in [-0.15, -0.1) is 0 Å². The number of nitrogens with one attached hydrogen (secondary N) is 2. The fourth-order valence-corrected chi connectivity index (χ4v) is 4.17. The Morgan fingerprint density at radius 2 is 1.85 bits per heavy atom. The molecule has 0 fully saturated rings. The third-order valence-electron chi connectivity index (χ3n) is 6.14. The average molecular weight is 453 g/mol. The second kappa shape index (κ2) is 10.8. The largest absolute Gasteiger partial charge is 0.426 e. The molecule has 1 aliphatic heterocycles. The van der Waals surface area contributed by atoms with Gasteiger partial charge >= 0.3 is 12.0 Å². The highest BCUT2D eigenvalue weighted by atomic mass is 16.5. The van der Waals surface area contributed by atoms with Crippen LogP contribution in [0.5, 0.6) is 5.75 Å². The minimum absolute atomic E-state index is 0.00611. The zero-order chi connectivity index (χ0) is 24.0. The fourth-order valence-electron chi connectivity index (χ4n) is 4.17. The van der Waals surface area contributed by atoms with Crippen LogP contribution in [0.2, 0.25) is 0 Å². The van der Waals surface area contributed by atoms with Crippen molar-refractivity contribution in [3.8, 4) is 5.75 Å². The Kier molecular flexibility index (Phi) is 7.92. The van der Waals surface area contributed by atoms with Crippen molar-refractivity contribution in [3.63, 3.8) is 0 Å². The van der Waals surface area contributed by atoms with Crippen LogP contribution in [0, 0.1) is 5.92 Å². The number of hydrogen-bond donors (Lipinski definition) is 3. The molecule has 0 radical (unpaired) electrons. The molecule has 0 aromatic heterocycles. The number of carbonyl (C=O) groups excluding carboxylic acids is 3. The number of nitrogens with zero attached hydrogens (tertiary/aromatic N) is 1. The van der Waals surface area contributed by atoms with Gasteiger partial charge in [-0.2, -0.15) is 0 Å². The molecular weight excluding hydrogens is 420 g/mol. The van der Waals surface area contributed by atoms with Crippen molar-refractivity contribution in [2.45, 2.75) is 39.7 Å². The number of primary amides is 1. The fraction of sp³-hybridized carbons (Fsp3) is 0.400. The summed E-state index contributed by atoms with van der Waals surface area (Å²) in [4.78, 5) is 38.3. The number of rotatable bonds is 9. The van der Waals surface area contributed by atoms with Crippen molar-refractivity contribution in [3.05, 3.63) is 59.2 Å². The Morgan fingerprint density at radius 3 is 2.55 bits per heavy atom. The molecular formula is C25H32N4O4. The van der Waals surface area contributed by atoms with E-state index in [0.29, 0.717) is 24.3 Å². The highest BCUT2D eigenvalue weighted by Gasteiger charge is 2.35. The van der Waals surface area contributed by atoms with E-state index in [1.807, 2.05) is 19.1 Å². The second-order valence-electron chi connectivity index (χ2n) is 8.17. The molecule has 0 bridgehead atoms. The monoisotopic (exact) mass is 452 g/mol. The van der Waals surface area contributed by atoms with Crippen LogP contribution in [0.1, 0.15) is 54.6 Å². The standard InChI is InChI=1S/C25H32N4O4/c1-4-29(5-2)19-9-10-20-16(3)21(24(31)33-22(20)14-19)11-12-27-25(32)28-15-17-7-6-8-18(13-17)23(26)30/h6-10,13-14,16,21H,4-5,11-12,15H2,1-3H3,(H2,26,30)(H2,27,28,32). The van der Waals surface area contributed by atoms with E-state index in [1.165, 1.54) is 0 Å². The summed E-state index contributed by atoms with van der Waals surface area (Å²) in [6, 6.07) is 12.5. The first kappa shape index (κ1) is 24.1. The molecule has 1 heterocycles. The van der Waals surface area contributed by atoms with Gasteiger partial charge in [-0.1, -0.05) is 25.1 Å². The summed E-state index contributed by atoms with van der Waals surface area (Å²) in [6.07, 6.45) is 0.474. The maximum absolute atomic E-state index is 12.7.